The second kappa shape index (κ2) is 7.73. The zero-order valence-corrected chi connectivity index (χ0v) is 13.6. The molecule has 1 aromatic heterocycles. The highest BCUT2D eigenvalue weighted by atomic mass is 28.3. The van der Waals surface area contributed by atoms with E-state index in [0.29, 0.717) is 0 Å². The molecule has 0 spiro atoms. The van der Waals surface area contributed by atoms with E-state index in [1.807, 2.05) is 12.3 Å². The molecule has 18 heavy (non-hydrogen) atoms. The third-order valence-electron chi connectivity index (χ3n) is 4.08. The molecule has 0 saturated heterocycles. The van der Waals surface area contributed by atoms with E-state index in [-0.39, 0.29) is 0 Å². The number of hydrogen-bond donors (Lipinski definition) is 0. The minimum absolute atomic E-state index is 0.931. The van der Waals surface area contributed by atoms with Gasteiger partial charge in [0.05, 0.1) is 0 Å². The van der Waals surface area contributed by atoms with E-state index < -0.39 is 8.07 Å². The molecule has 1 heterocycles. The second-order valence-electron chi connectivity index (χ2n) is 6.05. The smallest absolute Gasteiger partial charge is 0.104 e. The van der Waals surface area contributed by atoms with Gasteiger partial charge in [0.2, 0.25) is 0 Å². The lowest BCUT2D eigenvalue weighted by Gasteiger charge is -2.24. The van der Waals surface area contributed by atoms with Gasteiger partial charge in [-0.05, 0) is 18.1 Å². The Morgan fingerprint density at radius 1 is 1.17 bits per heavy atom. The number of pyridine rings is 1. The predicted molar refractivity (Wildman–Crippen MR) is 84.1 cm³/mol. The van der Waals surface area contributed by atoms with Gasteiger partial charge in [-0.3, -0.25) is 4.98 Å². The minimum atomic E-state index is -1.31. The quantitative estimate of drug-likeness (QED) is 0.624. The normalized spacial score (nSPS) is 13.6. The molecule has 0 N–H and O–H groups in total. The van der Waals surface area contributed by atoms with Crippen LogP contribution in [0.3, 0.4) is 0 Å². The molecule has 0 amide bonds. The van der Waals surface area contributed by atoms with Crippen molar-refractivity contribution in [3.05, 3.63) is 24.4 Å². The molecule has 1 rings (SSSR count). The molecule has 1 atom stereocenters. The van der Waals surface area contributed by atoms with Crippen molar-refractivity contribution in [1.29, 1.82) is 0 Å². The third-order valence-corrected chi connectivity index (χ3v) is 7.30. The summed E-state index contributed by atoms with van der Waals surface area (Å²) >= 11 is 0. The average Bonchev–Trinajstić information content (AvgIpc) is 2.40. The third kappa shape index (κ3) is 4.93. The maximum atomic E-state index is 4.58. The van der Waals surface area contributed by atoms with Gasteiger partial charge in [-0.1, -0.05) is 71.2 Å². The van der Waals surface area contributed by atoms with Crippen LogP contribution in [0.1, 0.15) is 46.0 Å². The van der Waals surface area contributed by atoms with Crippen LogP contribution in [0.4, 0.5) is 0 Å². The van der Waals surface area contributed by atoms with Gasteiger partial charge in [0.15, 0.2) is 0 Å². The fourth-order valence-corrected chi connectivity index (χ4v) is 4.86. The molecular weight excluding hydrogens is 234 g/mol. The van der Waals surface area contributed by atoms with Crippen molar-refractivity contribution < 1.29 is 0 Å². The van der Waals surface area contributed by atoms with Crippen LogP contribution in [0.2, 0.25) is 19.1 Å². The number of unbranched alkanes of at least 4 members (excludes halogenated alkanes) is 1. The van der Waals surface area contributed by atoms with Crippen molar-refractivity contribution in [1.82, 2.24) is 4.98 Å². The summed E-state index contributed by atoms with van der Waals surface area (Å²) in [6.07, 6.45) is 8.82. The molecule has 0 aromatic carbocycles. The first kappa shape index (κ1) is 15.4. The number of rotatable bonds is 8. The highest BCUT2D eigenvalue weighted by Gasteiger charge is 2.25. The number of aromatic nitrogens is 1. The maximum Gasteiger partial charge on any atom is 0.104 e. The van der Waals surface area contributed by atoms with Crippen LogP contribution in [0, 0.1) is 5.92 Å². The molecular formula is C16H29NSi. The summed E-state index contributed by atoms with van der Waals surface area (Å²) in [6.45, 7) is 9.55. The summed E-state index contributed by atoms with van der Waals surface area (Å²) in [4.78, 5) is 4.58. The Labute approximate surface area is 114 Å². The lowest BCUT2D eigenvalue weighted by atomic mass is 9.97. The zero-order valence-electron chi connectivity index (χ0n) is 12.6. The largest absolute Gasteiger partial charge is 0.266 e. The van der Waals surface area contributed by atoms with Crippen LogP contribution < -0.4 is 5.32 Å². The van der Waals surface area contributed by atoms with E-state index in [1.54, 1.807) is 0 Å². The van der Waals surface area contributed by atoms with Crippen LogP contribution in [0.5, 0.6) is 0 Å². The van der Waals surface area contributed by atoms with Crippen LogP contribution in [0.15, 0.2) is 24.4 Å². The van der Waals surface area contributed by atoms with Crippen molar-refractivity contribution >= 4 is 13.4 Å². The fourth-order valence-electron chi connectivity index (χ4n) is 2.50. The lowest BCUT2D eigenvalue weighted by Crippen LogP contribution is -2.43. The SMILES string of the molecule is CCCCC(CC)CC[Si](C)(C)c1ccccn1. The molecule has 0 aliphatic rings. The van der Waals surface area contributed by atoms with Gasteiger partial charge in [-0.2, -0.15) is 0 Å². The second-order valence-corrected chi connectivity index (χ2v) is 10.8. The molecule has 0 aliphatic heterocycles. The number of hydrogen-bond acceptors (Lipinski definition) is 1. The molecule has 1 nitrogen and oxygen atoms in total. The van der Waals surface area contributed by atoms with Crippen molar-refractivity contribution in [3.63, 3.8) is 0 Å². The zero-order chi connectivity index (χ0) is 13.4. The van der Waals surface area contributed by atoms with E-state index in [9.17, 15) is 0 Å². The first-order valence-corrected chi connectivity index (χ1v) is 10.7. The van der Waals surface area contributed by atoms with Crippen molar-refractivity contribution in [3.8, 4) is 0 Å². The minimum Gasteiger partial charge on any atom is -0.266 e. The van der Waals surface area contributed by atoms with Gasteiger partial charge in [-0.25, -0.2) is 0 Å². The monoisotopic (exact) mass is 263 g/mol. The topological polar surface area (TPSA) is 12.9 Å². The molecule has 102 valence electrons. The highest BCUT2D eigenvalue weighted by Crippen LogP contribution is 2.23. The van der Waals surface area contributed by atoms with Crippen LogP contribution in [0.25, 0.3) is 0 Å². The van der Waals surface area contributed by atoms with Gasteiger partial charge in [-0.15, -0.1) is 0 Å². The predicted octanol–water partition coefficient (Wildman–Crippen LogP) is 4.60. The first-order valence-electron chi connectivity index (χ1n) is 7.51. The molecule has 1 unspecified atom stereocenters. The summed E-state index contributed by atoms with van der Waals surface area (Å²) in [5.74, 6) is 0.931. The van der Waals surface area contributed by atoms with Crippen molar-refractivity contribution in [2.75, 3.05) is 0 Å². The molecule has 0 saturated carbocycles. The summed E-state index contributed by atoms with van der Waals surface area (Å²) in [6, 6.07) is 7.75. The standard InChI is InChI=1S/C16H29NSi/c1-5-7-10-15(6-2)12-14-18(3,4)16-11-8-9-13-17-16/h8-9,11,13,15H,5-7,10,12,14H2,1-4H3. The fraction of sp³-hybridized carbons (Fsp3) is 0.688. The Morgan fingerprint density at radius 3 is 2.50 bits per heavy atom. The first-order chi connectivity index (χ1) is 8.60. The summed E-state index contributed by atoms with van der Waals surface area (Å²) in [5.41, 5.74) is 0. The maximum absolute atomic E-state index is 4.58. The molecule has 0 aliphatic carbocycles. The van der Waals surface area contributed by atoms with E-state index >= 15 is 0 Å². The van der Waals surface area contributed by atoms with Crippen LogP contribution in [-0.2, 0) is 0 Å². The van der Waals surface area contributed by atoms with Crippen molar-refractivity contribution in [2.24, 2.45) is 5.92 Å². The van der Waals surface area contributed by atoms with Crippen LogP contribution in [-0.4, -0.2) is 13.1 Å². The van der Waals surface area contributed by atoms with E-state index in [0.717, 1.165) is 5.92 Å². The summed E-state index contributed by atoms with van der Waals surface area (Å²) in [5, 5.41) is 1.37. The average molecular weight is 264 g/mol. The van der Waals surface area contributed by atoms with E-state index in [2.05, 4.69) is 44.1 Å². The van der Waals surface area contributed by atoms with Gasteiger partial charge in [0.1, 0.15) is 8.07 Å². The molecule has 0 bridgehead atoms. The van der Waals surface area contributed by atoms with Crippen LogP contribution >= 0.6 is 0 Å². The summed E-state index contributed by atoms with van der Waals surface area (Å²) < 4.78 is 0. The van der Waals surface area contributed by atoms with Gasteiger partial charge in [0.25, 0.3) is 0 Å². The Hall–Kier alpha value is -0.633. The highest BCUT2D eigenvalue weighted by molar-refractivity contribution is 6.89. The van der Waals surface area contributed by atoms with E-state index in [4.69, 9.17) is 0 Å². The molecule has 0 fully saturated rings. The molecule has 2 heteroatoms. The van der Waals surface area contributed by atoms with Gasteiger partial charge >= 0.3 is 0 Å². The van der Waals surface area contributed by atoms with Gasteiger partial charge in [0, 0.05) is 11.5 Å². The molecule has 1 aromatic rings. The summed E-state index contributed by atoms with van der Waals surface area (Å²) in [7, 11) is -1.31. The Balaban J connectivity index is 2.50. The Kier molecular flexibility index (Phi) is 6.62. The molecule has 0 radical (unpaired) electrons. The Morgan fingerprint density at radius 2 is 1.94 bits per heavy atom. The van der Waals surface area contributed by atoms with Gasteiger partial charge < -0.3 is 0 Å². The van der Waals surface area contributed by atoms with E-state index in [1.165, 1.54) is 43.5 Å². The lowest BCUT2D eigenvalue weighted by molar-refractivity contribution is 0.437. The number of nitrogens with zero attached hydrogens (tertiary/aromatic N) is 1. The Bertz CT molecular complexity index is 321. The van der Waals surface area contributed by atoms with Crippen molar-refractivity contribution in [2.45, 2.75) is 65.1 Å².